The smallest absolute Gasteiger partial charge is 0.255 e. The SMILES string of the molecule is CC(=O)NCc1ccc(C(=O)Nc2cccc(C(=O)N3CCOCC3)c2C)cc1. The van der Waals surface area contributed by atoms with Crippen LogP contribution in [0.5, 0.6) is 0 Å². The number of hydrogen-bond acceptors (Lipinski definition) is 4. The number of carbonyl (C=O) groups excluding carboxylic acids is 3. The first-order chi connectivity index (χ1) is 14.0. The van der Waals surface area contributed by atoms with E-state index in [1.165, 1.54) is 6.92 Å². The third kappa shape index (κ3) is 5.20. The molecule has 1 saturated heterocycles. The van der Waals surface area contributed by atoms with Crippen LogP contribution < -0.4 is 10.6 Å². The van der Waals surface area contributed by atoms with Gasteiger partial charge in [-0.05, 0) is 42.3 Å². The van der Waals surface area contributed by atoms with E-state index in [-0.39, 0.29) is 17.7 Å². The second-order valence-corrected chi connectivity index (χ2v) is 6.94. The summed E-state index contributed by atoms with van der Waals surface area (Å²) in [6, 6.07) is 12.4. The molecule has 0 radical (unpaired) electrons. The molecular formula is C22H25N3O4. The molecule has 0 saturated carbocycles. The number of amides is 3. The van der Waals surface area contributed by atoms with Gasteiger partial charge in [-0.2, -0.15) is 0 Å². The number of ether oxygens (including phenoxy) is 1. The van der Waals surface area contributed by atoms with E-state index in [4.69, 9.17) is 4.74 Å². The highest BCUT2D eigenvalue weighted by Gasteiger charge is 2.21. The monoisotopic (exact) mass is 395 g/mol. The van der Waals surface area contributed by atoms with Crippen molar-refractivity contribution in [2.24, 2.45) is 0 Å². The molecule has 7 nitrogen and oxygen atoms in total. The fourth-order valence-electron chi connectivity index (χ4n) is 3.13. The van der Waals surface area contributed by atoms with Gasteiger partial charge >= 0.3 is 0 Å². The summed E-state index contributed by atoms with van der Waals surface area (Å²) in [6.45, 7) is 5.93. The lowest BCUT2D eigenvalue weighted by Crippen LogP contribution is -2.41. The van der Waals surface area contributed by atoms with Crippen molar-refractivity contribution in [1.82, 2.24) is 10.2 Å². The van der Waals surface area contributed by atoms with Gasteiger partial charge in [0.1, 0.15) is 0 Å². The molecule has 1 fully saturated rings. The zero-order valence-electron chi connectivity index (χ0n) is 16.7. The van der Waals surface area contributed by atoms with Crippen molar-refractivity contribution in [1.29, 1.82) is 0 Å². The summed E-state index contributed by atoms with van der Waals surface area (Å²) in [7, 11) is 0. The lowest BCUT2D eigenvalue weighted by Gasteiger charge is -2.27. The number of morpholine rings is 1. The van der Waals surface area contributed by atoms with Crippen LogP contribution in [0.3, 0.4) is 0 Å². The summed E-state index contributed by atoms with van der Waals surface area (Å²) in [6.07, 6.45) is 0. The van der Waals surface area contributed by atoms with E-state index in [0.29, 0.717) is 49.7 Å². The molecular weight excluding hydrogens is 370 g/mol. The minimum atomic E-state index is -0.254. The summed E-state index contributed by atoms with van der Waals surface area (Å²) in [4.78, 5) is 38.2. The van der Waals surface area contributed by atoms with Gasteiger partial charge in [0.15, 0.2) is 0 Å². The predicted octanol–water partition coefficient (Wildman–Crippen LogP) is 2.36. The molecule has 0 aliphatic carbocycles. The molecule has 0 unspecified atom stereocenters. The van der Waals surface area contributed by atoms with Crippen molar-refractivity contribution in [3.63, 3.8) is 0 Å². The van der Waals surface area contributed by atoms with Crippen LogP contribution in [0, 0.1) is 6.92 Å². The first-order valence-corrected chi connectivity index (χ1v) is 9.57. The average Bonchev–Trinajstić information content (AvgIpc) is 2.74. The van der Waals surface area contributed by atoms with Crippen molar-refractivity contribution in [2.45, 2.75) is 20.4 Å². The van der Waals surface area contributed by atoms with Crippen LogP contribution >= 0.6 is 0 Å². The van der Waals surface area contributed by atoms with Crippen LogP contribution in [-0.2, 0) is 16.1 Å². The Labute approximate surface area is 170 Å². The van der Waals surface area contributed by atoms with Gasteiger partial charge in [-0.3, -0.25) is 14.4 Å². The Kier molecular flexibility index (Phi) is 6.61. The van der Waals surface area contributed by atoms with E-state index in [2.05, 4.69) is 10.6 Å². The molecule has 2 N–H and O–H groups in total. The zero-order chi connectivity index (χ0) is 20.8. The predicted molar refractivity (Wildman–Crippen MR) is 110 cm³/mol. The standard InChI is InChI=1S/C22H25N3O4/c1-15-19(22(28)25-10-12-29-13-11-25)4-3-5-20(15)24-21(27)18-8-6-17(7-9-18)14-23-16(2)26/h3-9H,10-14H2,1-2H3,(H,23,26)(H,24,27). The molecule has 1 heterocycles. The topological polar surface area (TPSA) is 87.7 Å². The molecule has 2 aromatic rings. The van der Waals surface area contributed by atoms with Crippen LogP contribution in [0.4, 0.5) is 5.69 Å². The van der Waals surface area contributed by atoms with Crippen molar-refractivity contribution < 1.29 is 19.1 Å². The maximum absolute atomic E-state index is 12.8. The summed E-state index contributed by atoms with van der Waals surface area (Å²) in [5.74, 6) is -0.409. The van der Waals surface area contributed by atoms with Gasteiger partial charge in [0.25, 0.3) is 11.8 Å². The average molecular weight is 395 g/mol. The van der Waals surface area contributed by atoms with Gasteiger partial charge in [-0.25, -0.2) is 0 Å². The second-order valence-electron chi connectivity index (χ2n) is 6.94. The maximum atomic E-state index is 12.8. The molecule has 2 aromatic carbocycles. The number of hydrogen-bond donors (Lipinski definition) is 2. The van der Waals surface area contributed by atoms with E-state index in [0.717, 1.165) is 11.1 Å². The molecule has 7 heteroatoms. The number of anilines is 1. The van der Waals surface area contributed by atoms with Gasteiger partial charge in [-0.1, -0.05) is 18.2 Å². The summed E-state index contributed by atoms with van der Waals surface area (Å²) in [5.41, 5.74) is 3.33. The quantitative estimate of drug-likeness (QED) is 0.814. The Hall–Kier alpha value is -3.19. The van der Waals surface area contributed by atoms with Crippen LogP contribution in [0.25, 0.3) is 0 Å². The summed E-state index contributed by atoms with van der Waals surface area (Å²) < 4.78 is 5.31. The maximum Gasteiger partial charge on any atom is 0.255 e. The second kappa shape index (κ2) is 9.34. The Morgan fingerprint density at radius 1 is 1.03 bits per heavy atom. The van der Waals surface area contributed by atoms with Crippen molar-refractivity contribution in [2.75, 3.05) is 31.6 Å². The highest BCUT2D eigenvalue weighted by molar-refractivity contribution is 6.06. The Morgan fingerprint density at radius 3 is 2.38 bits per heavy atom. The number of rotatable bonds is 5. The minimum absolute atomic E-state index is 0.0516. The van der Waals surface area contributed by atoms with Gasteiger partial charge in [0.2, 0.25) is 5.91 Å². The molecule has 29 heavy (non-hydrogen) atoms. The molecule has 0 atom stereocenters. The van der Waals surface area contributed by atoms with E-state index >= 15 is 0 Å². The molecule has 152 valence electrons. The van der Waals surface area contributed by atoms with E-state index in [1.807, 2.05) is 6.92 Å². The number of carbonyl (C=O) groups is 3. The van der Waals surface area contributed by atoms with Crippen LogP contribution in [0.1, 0.15) is 38.8 Å². The number of benzene rings is 2. The summed E-state index contributed by atoms with van der Waals surface area (Å²) in [5, 5.41) is 5.61. The molecule has 0 aromatic heterocycles. The first-order valence-electron chi connectivity index (χ1n) is 9.57. The Bertz CT molecular complexity index is 903. The van der Waals surface area contributed by atoms with Gasteiger partial charge in [0, 0.05) is 43.4 Å². The number of nitrogens with zero attached hydrogens (tertiary/aromatic N) is 1. The normalized spacial score (nSPS) is 13.7. The van der Waals surface area contributed by atoms with Crippen LogP contribution in [-0.4, -0.2) is 48.9 Å². The molecule has 3 rings (SSSR count). The Balaban J connectivity index is 1.70. The number of nitrogens with one attached hydrogen (secondary N) is 2. The van der Waals surface area contributed by atoms with Gasteiger partial charge in [0.05, 0.1) is 13.2 Å². The lowest BCUT2D eigenvalue weighted by atomic mass is 10.0. The van der Waals surface area contributed by atoms with Gasteiger partial charge < -0.3 is 20.3 Å². The van der Waals surface area contributed by atoms with Crippen molar-refractivity contribution >= 4 is 23.4 Å². The van der Waals surface area contributed by atoms with Gasteiger partial charge in [-0.15, -0.1) is 0 Å². The molecule has 0 spiro atoms. The van der Waals surface area contributed by atoms with Crippen molar-refractivity contribution in [3.8, 4) is 0 Å². The minimum Gasteiger partial charge on any atom is -0.378 e. The highest BCUT2D eigenvalue weighted by atomic mass is 16.5. The van der Waals surface area contributed by atoms with Crippen LogP contribution in [0.15, 0.2) is 42.5 Å². The Morgan fingerprint density at radius 2 is 1.72 bits per heavy atom. The molecule has 0 bridgehead atoms. The zero-order valence-corrected chi connectivity index (χ0v) is 16.7. The third-order valence-corrected chi connectivity index (χ3v) is 4.87. The largest absolute Gasteiger partial charge is 0.378 e. The third-order valence-electron chi connectivity index (χ3n) is 4.87. The fourth-order valence-corrected chi connectivity index (χ4v) is 3.13. The molecule has 1 aliphatic heterocycles. The van der Waals surface area contributed by atoms with Crippen molar-refractivity contribution in [3.05, 3.63) is 64.7 Å². The first kappa shape index (κ1) is 20.5. The molecule has 3 amide bonds. The highest BCUT2D eigenvalue weighted by Crippen LogP contribution is 2.22. The molecule has 1 aliphatic rings. The van der Waals surface area contributed by atoms with Crippen LogP contribution in [0.2, 0.25) is 0 Å². The van der Waals surface area contributed by atoms with E-state index in [1.54, 1.807) is 47.4 Å². The van der Waals surface area contributed by atoms with E-state index in [9.17, 15) is 14.4 Å². The van der Waals surface area contributed by atoms with E-state index < -0.39 is 0 Å². The lowest BCUT2D eigenvalue weighted by molar-refractivity contribution is -0.119. The fraction of sp³-hybridized carbons (Fsp3) is 0.318. The summed E-state index contributed by atoms with van der Waals surface area (Å²) >= 11 is 0.